The summed E-state index contributed by atoms with van der Waals surface area (Å²) in [4.78, 5) is 44.4. The van der Waals surface area contributed by atoms with Gasteiger partial charge in [-0.25, -0.2) is 9.69 Å². The number of aromatic nitrogens is 1. The molecular formula is C22H12F9N5O3. The highest BCUT2D eigenvalue weighted by molar-refractivity contribution is 6.25. The molecule has 0 N–H and O–H groups in total. The minimum atomic E-state index is -7.26. The molecule has 3 aliphatic rings. The number of carbonyl (C=O) groups excluding carboxylic acids is 3. The molecule has 2 bridgehead atoms. The number of hydrogen-bond acceptors (Lipinski definition) is 5. The van der Waals surface area contributed by atoms with Gasteiger partial charge in [0.1, 0.15) is 12.1 Å². The second kappa shape index (κ2) is 7.96. The Morgan fingerprint density at radius 2 is 1.67 bits per heavy atom. The van der Waals surface area contributed by atoms with Gasteiger partial charge in [-0.1, -0.05) is 0 Å². The van der Waals surface area contributed by atoms with Crippen LogP contribution in [0.5, 0.6) is 0 Å². The van der Waals surface area contributed by atoms with Gasteiger partial charge in [0.2, 0.25) is 0 Å². The van der Waals surface area contributed by atoms with Gasteiger partial charge in [-0.05, 0) is 30.7 Å². The molecule has 5 rings (SSSR count). The van der Waals surface area contributed by atoms with Crippen molar-refractivity contribution >= 4 is 34.4 Å². The first-order valence-electron chi connectivity index (χ1n) is 10.9. The lowest BCUT2D eigenvalue weighted by molar-refractivity contribution is -0.389. The van der Waals surface area contributed by atoms with Gasteiger partial charge in [0.15, 0.2) is 0 Å². The van der Waals surface area contributed by atoms with E-state index in [1.54, 1.807) is 0 Å². The van der Waals surface area contributed by atoms with Crippen LogP contribution in [-0.2, 0) is 9.59 Å². The number of likely N-dealkylation sites (tertiary alicyclic amines) is 1. The Bertz CT molecular complexity index is 1470. The highest BCUT2D eigenvalue weighted by Crippen LogP contribution is 2.54. The quantitative estimate of drug-likeness (QED) is 0.416. The maximum atomic E-state index is 14.4. The average Bonchev–Trinajstić information content (AvgIpc) is 3.53. The van der Waals surface area contributed by atoms with Crippen LogP contribution in [0.25, 0.3) is 10.9 Å². The van der Waals surface area contributed by atoms with E-state index in [0.29, 0.717) is 4.90 Å². The van der Waals surface area contributed by atoms with Crippen LogP contribution >= 0.6 is 0 Å². The molecule has 3 fully saturated rings. The molecule has 8 nitrogen and oxygen atoms in total. The predicted octanol–water partition coefficient (Wildman–Crippen LogP) is 3.69. The molecule has 0 saturated carbocycles. The molecule has 3 aliphatic heterocycles. The Labute approximate surface area is 211 Å². The Balaban J connectivity index is 1.48. The van der Waals surface area contributed by atoms with E-state index >= 15 is 0 Å². The normalized spacial score (nSPS) is 23.6. The largest absolute Gasteiger partial charge is 0.460 e. The number of imide groups is 1. The average molecular weight is 565 g/mol. The Morgan fingerprint density at radius 1 is 1.00 bits per heavy atom. The van der Waals surface area contributed by atoms with Crippen LogP contribution in [0.3, 0.4) is 0 Å². The number of urea groups is 1. The standard InChI is InChI=1S/C22H12F9N5O3/c23-19(24,20(25,26)21(27,28)22(29,30)31)17(38)34-8-10-6-13(34)15-16(37)36(18(39)35(10)15)12-4-3-9(7-32)14-11(12)2-1-5-33-14/h1-5,10,13,15H,6,8H2. The molecule has 0 spiro atoms. The molecule has 17 heteroatoms. The van der Waals surface area contributed by atoms with Crippen molar-refractivity contribution in [1.29, 1.82) is 5.26 Å². The number of carbonyl (C=O) groups is 3. The second-order valence-electron chi connectivity index (χ2n) is 9.09. The van der Waals surface area contributed by atoms with Gasteiger partial charge in [0, 0.05) is 18.1 Å². The highest BCUT2D eigenvalue weighted by atomic mass is 19.4. The lowest BCUT2D eigenvalue weighted by atomic mass is 10.0. The van der Waals surface area contributed by atoms with Crippen molar-refractivity contribution in [3.05, 3.63) is 36.0 Å². The lowest BCUT2D eigenvalue weighted by Crippen LogP contribution is -2.67. The summed E-state index contributed by atoms with van der Waals surface area (Å²) < 4.78 is 121. The highest BCUT2D eigenvalue weighted by Gasteiger charge is 2.84. The maximum Gasteiger partial charge on any atom is 0.460 e. The number of halogens is 9. The fourth-order valence-corrected chi connectivity index (χ4v) is 5.25. The fraction of sp³-hybridized carbons (Fsp3) is 0.409. The summed E-state index contributed by atoms with van der Waals surface area (Å²) in [5.74, 6) is -25.1. The Hall–Kier alpha value is -4.10. The van der Waals surface area contributed by atoms with Crippen LogP contribution in [0.2, 0.25) is 0 Å². The van der Waals surface area contributed by atoms with Crippen LogP contribution in [0.15, 0.2) is 30.5 Å². The van der Waals surface area contributed by atoms with E-state index in [2.05, 4.69) is 4.98 Å². The molecular weight excluding hydrogens is 553 g/mol. The van der Waals surface area contributed by atoms with Gasteiger partial charge in [-0.15, -0.1) is 0 Å². The van der Waals surface area contributed by atoms with Gasteiger partial charge in [0.25, 0.3) is 11.8 Å². The number of benzene rings is 1. The second-order valence-corrected chi connectivity index (χ2v) is 9.09. The van der Waals surface area contributed by atoms with Gasteiger partial charge >= 0.3 is 30.0 Å². The number of piperazine rings is 1. The van der Waals surface area contributed by atoms with Crippen molar-refractivity contribution in [1.82, 2.24) is 14.8 Å². The molecule has 1 aromatic carbocycles. The van der Waals surface area contributed by atoms with Crippen molar-refractivity contribution in [2.24, 2.45) is 0 Å². The van der Waals surface area contributed by atoms with Crippen molar-refractivity contribution in [3.63, 3.8) is 0 Å². The Kier molecular flexibility index (Phi) is 5.41. The number of nitriles is 1. The number of hydrogen-bond donors (Lipinski definition) is 0. The first-order valence-corrected chi connectivity index (χ1v) is 10.9. The number of anilines is 1. The van der Waals surface area contributed by atoms with Crippen molar-refractivity contribution in [2.75, 3.05) is 11.4 Å². The van der Waals surface area contributed by atoms with E-state index in [0.717, 1.165) is 4.90 Å². The first kappa shape index (κ1) is 26.5. The summed E-state index contributed by atoms with van der Waals surface area (Å²) in [6.45, 7) is -0.911. The zero-order valence-corrected chi connectivity index (χ0v) is 18.9. The van der Waals surface area contributed by atoms with Crippen LogP contribution in [-0.4, -0.2) is 81.2 Å². The van der Waals surface area contributed by atoms with Gasteiger partial charge in [-0.3, -0.25) is 14.6 Å². The summed E-state index contributed by atoms with van der Waals surface area (Å²) in [5, 5.41) is 9.46. The number of pyridine rings is 1. The maximum absolute atomic E-state index is 14.4. The number of rotatable bonds is 4. The van der Waals surface area contributed by atoms with E-state index in [1.165, 1.54) is 30.5 Å². The zero-order chi connectivity index (χ0) is 28.9. The van der Waals surface area contributed by atoms with Crippen LogP contribution in [0.4, 0.5) is 50.0 Å². The smallest absolute Gasteiger partial charge is 0.330 e. The first-order chi connectivity index (χ1) is 18.0. The topological polar surface area (TPSA) is 97.6 Å². The summed E-state index contributed by atoms with van der Waals surface area (Å²) in [5.41, 5.74) is 0.127. The van der Waals surface area contributed by atoms with Gasteiger partial charge in [0.05, 0.1) is 28.9 Å². The van der Waals surface area contributed by atoms with E-state index in [-0.39, 0.29) is 33.5 Å². The molecule has 3 unspecified atom stereocenters. The molecule has 4 amide bonds. The van der Waals surface area contributed by atoms with Crippen molar-refractivity contribution in [2.45, 2.75) is 48.5 Å². The molecule has 4 heterocycles. The predicted molar refractivity (Wildman–Crippen MR) is 110 cm³/mol. The van der Waals surface area contributed by atoms with Crippen molar-refractivity contribution in [3.8, 4) is 6.07 Å². The molecule has 3 atom stereocenters. The Morgan fingerprint density at radius 3 is 2.28 bits per heavy atom. The molecule has 39 heavy (non-hydrogen) atoms. The number of fused-ring (bicyclic) bond motifs is 6. The third-order valence-electron chi connectivity index (χ3n) is 7.05. The zero-order valence-electron chi connectivity index (χ0n) is 18.9. The fourth-order valence-electron chi connectivity index (χ4n) is 5.25. The van der Waals surface area contributed by atoms with E-state index in [9.17, 15) is 59.2 Å². The third-order valence-corrected chi connectivity index (χ3v) is 7.05. The van der Waals surface area contributed by atoms with Gasteiger partial charge < -0.3 is 9.80 Å². The van der Waals surface area contributed by atoms with Gasteiger partial charge in [-0.2, -0.15) is 44.8 Å². The van der Waals surface area contributed by atoms with Crippen LogP contribution < -0.4 is 4.90 Å². The minimum absolute atomic E-state index is 0.0562. The van der Waals surface area contributed by atoms with E-state index < -0.39 is 66.5 Å². The van der Waals surface area contributed by atoms with E-state index in [1.807, 2.05) is 6.07 Å². The SMILES string of the molecule is N#Cc1ccc(N2C(=O)C3C4CC(CN4C(=O)C(F)(F)C(F)(F)C(F)(F)C(F)(F)F)N3C2=O)c2cccnc12. The molecule has 1 aromatic heterocycles. The number of nitrogens with zero attached hydrogens (tertiary/aromatic N) is 5. The van der Waals surface area contributed by atoms with Crippen molar-refractivity contribution < 1.29 is 53.9 Å². The summed E-state index contributed by atoms with van der Waals surface area (Å²) in [6.07, 6.45) is -6.15. The molecule has 3 saturated heterocycles. The monoisotopic (exact) mass is 565 g/mol. The number of alkyl halides is 9. The molecule has 0 radical (unpaired) electrons. The molecule has 2 aromatic rings. The lowest BCUT2D eigenvalue weighted by Gasteiger charge is -2.39. The van der Waals surface area contributed by atoms with Crippen LogP contribution in [0.1, 0.15) is 12.0 Å². The number of amides is 4. The third kappa shape index (κ3) is 3.26. The summed E-state index contributed by atoms with van der Waals surface area (Å²) >= 11 is 0. The summed E-state index contributed by atoms with van der Waals surface area (Å²) in [7, 11) is 0. The summed E-state index contributed by atoms with van der Waals surface area (Å²) in [6, 6.07) is 1.66. The minimum Gasteiger partial charge on any atom is -0.330 e. The van der Waals surface area contributed by atoms with Crippen LogP contribution in [0, 0.1) is 11.3 Å². The molecule has 206 valence electrons. The van der Waals surface area contributed by atoms with E-state index in [4.69, 9.17) is 0 Å². The molecule has 0 aliphatic carbocycles.